The molecule has 6 aromatic carbocycles. The molecular formula is C39H34N2. The summed E-state index contributed by atoms with van der Waals surface area (Å²) in [6.07, 6.45) is 1.03. The Balaban J connectivity index is 1.31. The van der Waals surface area contributed by atoms with Crippen LogP contribution in [0, 0.1) is 6.92 Å². The van der Waals surface area contributed by atoms with Gasteiger partial charge in [0.15, 0.2) is 0 Å². The molecule has 6 aromatic rings. The molecule has 0 N–H and O–H groups in total. The van der Waals surface area contributed by atoms with Crippen molar-refractivity contribution in [3.05, 3.63) is 169 Å². The summed E-state index contributed by atoms with van der Waals surface area (Å²) in [4.78, 5) is 4.62. The Labute approximate surface area is 243 Å². The average Bonchev–Trinajstić information content (AvgIpc) is 3.04. The minimum atomic E-state index is 1.03. The van der Waals surface area contributed by atoms with Crippen molar-refractivity contribution in [2.75, 3.05) is 9.80 Å². The fraction of sp³-hybridized carbons (Fsp3) is 0.0769. The van der Waals surface area contributed by atoms with Crippen molar-refractivity contribution >= 4 is 34.1 Å². The molecule has 0 aromatic heterocycles. The van der Waals surface area contributed by atoms with E-state index in [9.17, 15) is 0 Å². The predicted molar refractivity (Wildman–Crippen MR) is 175 cm³/mol. The highest BCUT2D eigenvalue weighted by Crippen LogP contribution is 2.38. The molecule has 0 amide bonds. The zero-order valence-corrected chi connectivity index (χ0v) is 23.6. The lowest BCUT2D eigenvalue weighted by atomic mass is 10.0. The first-order valence-corrected chi connectivity index (χ1v) is 14.3. The zero-order valence-electron chi connectivity index (χ0n) is 23.6. The molecule has 0 saturated carbocycles. The van der Waals surface area contributed by atoms with Gasteiger partial charge in [-0.25, -0.2) is 0 Å². The molecule has 2 nitrogen and oxygen atoms in total. The first-order chi connectivity index (χ1) is 20.2. The topological polar surface area (TPSA) is 6.48 Å². The summed E-state index contributed by atoms with van der Waals surface area (Å²) >= 11 is 0. The molecule has 0 radical (unpaired) electrons. The van der Waals surface area contributed by atoms with Gasteiger partial charge in [-0.15, -0.1) is 0 Å². The van der Waals surface area contributed by atoms with E-state index in [1.165, 1.54) is 22.3 Å². The summed E-state index contributed by atoms with van der Waals surface area (Å²) in [6, 6.07) is 56.4. The Morgan fingerprint density at radius 2 is 0.780 bits per heavy atom. The highest BCUT2D eigenvalue weighted by molar-refractivity contribution is 5.80. The van der Waals surface area contributed by atoms with Gasteiger partial charge in [-0.05, 0) is 108 Å². The van der Waals surface area contributed by atoms with Crippen LogP contribution in [0.3, 0.4) is 0 Å². The lowest BCUT2D eigenvalue weighted by molar-refractivity contribution is 1.14. The molecular weight excluding hydrogens is 496 g/mol. The van der Waals surface area contributed by atoms with Gasteiger partial charge in [0.05, 0.1) is 0 Å². The van der Waals surface area contributed by atoms with E-state index in [1.54, 1.807) is 0 Å². The monoisotopic (exact) mass is 530 g/mol. The van der Waals surface area contributed by atoms with Crippen molar-refractivity contribution in [1.29, 1.82) is 0 Å². The van der Waals surface area contributed by atoms with Crippen LogP contribution >= 0.6 is 0 Å². The van der Waals surface area contributed by atoms with Crippen LogP contribution in [0.15, 0.2) is 158 Å². The first-order valence-electron chi connectivity index (χ1n) is 14.3. The number of anilines is 6. The lowest BCUT2D eigenvalue weighted by Gasteiger charge is -2.26. The van der Waals surface area contributed by atoms with Crippen LogP contribution in [0.1, 0.15) is 18.1 Å². The molecule has 0 heterocycles. The number of para-hydroxylation sites is 2. The number of aryl methyl sites for hydroxylation is 2. The zero-order chi connectivity index (χ0) is 28.0. The second-order valence-corrected chi connectivity index (χ2v) is 10.3. The largest absolute Gasteiger partial charge is 0.311 e. The maximum absolute atomic E-state index is 2.31. The highest BCUT2D eigenvalue weighted by Gasteiger charge is 2.14. The van der Waals surface area contributed by atoms with Crippen LogP contribution in [-0.2, 0) is 6.42 Å². The SMILES string of the molecule is CCc1ccc(N(c2ccccc2)c2ccc(-c3ccc(N(c4ccccc4)c4cccc(C)c4)cc3)cc2)cc1. The highest BCUT2D eigenvalue weighted by atomic mass is 15.1. The van der Waals surface area contributed by atoms with Gasteiger partial charge in [0.1, 0.15) is 0 Å². The summed E-state index contributed by atoms with van der Waals surface area (Å²) in [5.41, 5.74) is 11.8. The number of rotatable bonds is 8. The smallest absolute Gasteiger partial charge is 0.0464 e. The second kappa shape index (κ2) is 12.0. The van der Waals surface area contributed by atoms with Gasteiger partial charge in [-0.1, -0.05) is 91.9 Å². The van der Waals surface area contributed by atoms with Gasteiger partial charge in [-0.2, -0.15) is 0 Å². The van der Waals surface area contributed by atoms with E-state index in [-0.39, 0.29) is 0 Å². The molecule has 6 rings (SSSR count). The Bertz CT molecular complexity index is 1690. The van der Waals surface area contributed by atoms with Gasteiger partial charge in [0, 0.05) is 34.1 Å². The number of benzene rings is 6. The second-order valence-electron chi connectivity index (χ2n) is 10.3. The normalized spacial score (nSPS) is 10.8. The molecule has 0 unspecified atom stereocenters. The van der Waals surface area contributed by atoms with Crippen LogP contribution in [0.5, 0.6) is 0 Å². The molecule has 2 heteroatoms. The van der Waals surface area contributed by atoms with E-state index in [0.717, 1.165) is 40.5 Å². The standard InChI is InChI=1S/C39H34N2/c1-3-31-17-23-36(24-18-31)40(34-12-6-4-7-13-34)37-25-19-32(20-26-37)33-21-27-38(28-22-33)41(35-14-8-5-9-15-35)39-16-10-11-30(2)29-39/h4-29H,3H2,1-2H3. The summed E-state index contributed by atoms with van der Waals surface area (Å²) in [6.45, 7) is 4.33. The fourth-order valence-electron chi connectivity index (χ4n) is 5.30. The van der Waals surface area contributed by atoms with E-state index in [1.807, 2.05) is 0 Å². The number of hydrogen-bond acceptors (Lipinski definition) is 2. The summed E-state index contributed by atoms with van der Waals surface area (Å²) < 4.78 is 0. The third-order valence-electron chi connectivity index (χ3n) is 7.48. The first kappa shape index (κ1) is 26.2. The molecule has 0 aliphatic carbocycles. The summed E-state index contributed by atoms with van der Waals surface area (Å²) in [7, 11) is 0. The quantitative estimate of drug-likeness (QED) is 0.193. The Hall–Kier alpha value is -5.08. The van der Waals surface area contributed by atoms with E-state index in [4.69, 9.17) is 0 Å². The van der Waals surface area contributed by atoms with Crippen LogP contribution in [-0.4, -0.2) is 0 Å². The molecule has 0 fully saturated rings. The summed E-state index contributed by atoms with van der Waals surface area (Å²) in [5, 5.41) is 0. The molecule has 0 bridgehead atoms. The molecule has 0 aliphatic heterocycles. The molecule has 41 heavy (non-hydrogen) atoms. The van der Waals surface area contributed by atoms with Crippen molar-refractivity contribution in [3.63, 3.8) is 0 Å². The van der Waals surface area contributed by atoms with Crippen molar-refractivity contribution in [2.45, 2.75) is 20.3 Å². The minimum Gasteiger partial charge on any atom is -0.311 e. The maximum Gasteiger partial charge on any atom is 0.0464 e. The van der Waals surface area contributed by atoms with Gasteiger partial charge >= 0.3 is 0 Å². The van der Waals surface area contributed by atoms with E-state index < -0.39 is 0 Å². The average molecular weight is 531 g/mol. The van der Waals surface area contributed by atoms with Crippen molar-refractivity contribution < 1.29 is 0 Å². The van der Waals surface area contributed by atoms with Crippen LogP contribution < -0.4 is 9.80 Å². The molecule has 0 aliphatic rings. The van der Waals surface area contributed by atoms with Gasteiger partial charge < -0.3 is 9.80 Å². The van der Waals surface area contributed by atoms with Crippen LogP contribution in [0.25, 0.3) is 11.1 Å². The molecule has 200 valence electrons. The third kappa shape index (κ3) is 5.78. The number of nitrogens with zero attached hydrogens (tertiary/aromatic N) is 2. The Kier molecular flexibility index (Phi) is 7.64. The lowest BCUT2D eigenvalue weighted by Crippen LogP contribution is -2.10. The molecule has 0 saturated heterocycles. The maximum atomic E-state index is 2.31. The molecule has 0 atom stereocenters. The Morgan fingerprint density at radius 1 is 0.390 bits per heavy atom. The summed E-state index contributed by atoms with van der Waals surface area (Å²) in [5.74, 6) is 0. The van der Waals surface area contributed by atoms with Crippen LogP contribution in [0.2, 0.25) is 0 Å². The number of hydrogen-bond donors (Lipinski definition) is 0. The van der Waals surface area contributed by atoms with Crippen molar-refractivity contribution in [3.8, 4) is 11.1 Å². The van der Waals surface area contributed by atoms with E-state index in [0.29, 0.717) is 0 Å². The minimum absolute atomic E-state index is 1.03. The van der Waals surface area contributed by atoms with Crippen molar-refractivity contribution in [1.82, 2.24) is 0 Å². The van der Waals surface area contributed by atoms with Crippen molar-refractivity contribution in [2.24, 2.45) is 0 Å². The Morgan fingerprint density at radius 3 is 1.22 bits per heavy atom. The predicted octanol–water partition coefficient (Wildman–Crippen LogP) is 11.2. The van der Waals surface area contributed by atoms with Gasteiger partial charge in [0.25, 0.3) is 0 Å². The van der Waals surface area contributed by atoms with Crippen LogP contribution in [0.4, 0.5) is 34.1 Å². The van der Waals surface area contributed by atoms with E-state index >= 15 is 0 Å². The molecule has 0 spiro atoms. The van der Waals surface area contributed by atoms with Gasteiger partial charge in [0.2, 0.25) is 0 Å². The van der Waals surface area contributed by atoms with E-state index in [2.05, 4.69) is 181 Å². The van der Waals surface area contributed by atoms with Gasteiger partial charge in [-0.3, -0.25) is 0 Å². The third-order valence-corrected chi connectivity index (χ3v) is 7.48. The fourth-order valence-corrected chi connectivity index (χ4v) is 5.30.